The van der Waals surface area contributed by atoms with Crippen molar-refractivity contribution in [1.29, 1.82) is 0 Å². The van der Waals surface area contributed by atoms with Crippen molar-refractivity contribution in [2.45, 2.75) is 26.0 Å². The average molecular weight is 480 g/mol. The Morgan fingerprint density at radius 1 is 1.20 bits per heavy atom. The first-order chi connectivity index (χ1) is 16.8. The molecule has 1 aromatic heterocycles. The van der Waals surface area contributed by atoms with Crippen LogP contribution in [0.3, 0.4) is 0 Å². The van der Waals surface area contributed by atoms with Crippen LogP contribution >= 0.6 is 0 Å². The van der Waals surface area contributed by atoms with E-state index in [-0.39, 0.29) is 12.5 Å². The number of nitrogens with one attached hydrogen (secondary N) is 2. The second-order valence-electron chi connectivity index (χ2n) is 9.48. The number of aliphatic hydroxyl groups excluding tert-OH is 1. The van der Waals surface area contributed by atoms with E-state index < -0.39 is 11.4 Å². The second kappa shape index (κ2) is 9.31. The zero-order valence-electron chi connectivity index (χ0n) is 20.0. The summed E-state index contributed by atoms with van der Waals surface area (Å²) in [7, 11) is 0. The standard InChI is InChI=1S/C26H30FN5O3/c1-26(2)22(14-21(35-26)24-19-5-4-18(27)13-20(19)30-25(24)34)28-15-17-3-6-23(29-16-17)32-9-7-31(8-10-32)11-12-33/h3-6,13-14,16,28,33H,7-12,15H2,1-2H3,(H,30,34)/b24-21+. The molecule has 3 aliphatic rings. The maximum atomic E-state index is 13.6. The van der Waals surface area contributed by atoms with Crippen LogP contribution in [0.1, 0.15) is 25.0 Å². The molecular formula is C26H30FN5O3. The third-order valence-corrected chi connectivity index (χ3v) is 6.67. The number of aromatic nitrogens is 1. The number of β-amino-alcohol motifs (C(OH)–C–C–N with tert-alkyl or cyclic N) is 1. The lowest BCUT2D eigenvalue weighted by Crippen LogP contribution is -2.47. The summed E-state index contributed by atoms with van der Waals surface area (Å²) in [5.41, 5.74) is 2.74. The van der Waals surface area contributed by atoms with Crippen molar-refractivity contribution in [1.82, 2.24) is 15.2 Å². The molecule has 0 atom stereocenters. The van der Waals surface area contributed by atoms with E-state index >= 15 is 0 Å². The lowest BCUT2D eigenvalue weighted by Gasteiger charge is -2.35. The molecule has 0 radical (unpaired) electrons. The van der Waals surface area contributed by atoms with Gasteiger partial charge < -0.3 is 25.4 Å². The molecule has 0 unspecified atom stereocenters. The van der Waals surface area contributed by atoms with E-state index in [0.29, 0.717) is 29.1 Å². The molecule has 35 heavy (non-hydrogen) atoms. The van der Waals surface area contributed by atoms with E-state index in [1.165, 1.54) is 12.1 Å². The van der Waals surface area contributed by atoms with Gasteiger partial charge in [0.25, 0.3) is 5.91 Å². The van der Waals surface area contributed by atoms with Crippen molar-refractivity contribution in [2.24, 2.45) is 0 Å². The van der Waals surface area contributed by atoms with Crippen molar-refractivity contribution in [3.05, 3.63) is 71.0 Å². The zero-order valence-corrected chi connectivity index (χ0v) is 20.0. The highest BCUT2D eigenvalue weighted by molar-refractivity contribution is 6.32. The smallest absolute Gasteiger partial charge is 0.260 e. The van der Waals surface area contributed by atoms with E-state index in [1.807, 2.05) is 32.2 Å². The molecule has 3 N–H and O–H groups in total. The monoisotopic (exact) mass is 479 g/mol. The minimum atomic E-state index is -0.646. The van der Waals surface area contributed by atoms with Crippen molar-refractivity contribution in [3.8, 4) is 0 Å². The van der Waals surface area contributed by atoms with Crippen LogP contribution < -0.4 is 15.5 Å². The molecule has 5 rings (SSSR count). The number of fused-ring (bicyclic) bond motifs is 1. The van der Waals surface area contributed by atoms with Crippen LogP contribution in [0.15, 0.2) is 54.1 Å². The Hall–Kier alpha value is -3.43. The Bertz CT molecular complexity index is 1180. The van der Waals surface area contributed by atoms with Gasteiger partial charge in [-0.05, 0) is 43.7 Å². The Balaban J connectivity index is 1.27. The van der Waals surface area contributed by atoms with Crippen molar-refractivity contribution in [2.75, 3.05) is 49.5 Å². The lowest BCUT2D eigenvalue weighted by molar-refractivity contribution is -0.111. The number of hydrogen-bond acceptors (Lipinski definition) is 7. The third kappa shape index (κ3) is 4.74. The third-order valence-electron chi connectivity index (χ3n) is 6.67. The topological polar surface area (TPSA) is 90.0 Å². The summed E-state index contributed by atoms with van der Waals surface area (Å²) in [5.74, 6) is 0.722. The molecule has 1 saturated heterocycles. The quantitative estimate of drug-likeness (QED) is 0.549. The fourth-order valence-corrected chi connectivity index (χ4v) is 4.69. The maximum Gasteiger partial charge on any atom is 0.260 e. The van der Waals surface area contributed by atoms with Crippen LogP contribution in [-0.2, 0) is 16.1 Å². The fourth-order valence-electron chi connectivity index (χ4n) is 4.69. The number of piperazine rings is 1. The van der Waals surface area contributed by atoms with Gasteiger partial charge in [-0.2, -0.15) is 0 Å². The van der Waals surface area contributed by atoms with Crippen molar-refractivity contribution >= 4 is 23.0 Å². The molecule has 0 saturated carbocycles. The van der Waals surface area contributed by atoms with Gasteiger partial charge in [0.1, 0.15) is 23.0 Å². The molecule has 8 nitrogen and oxygen atoms in total. The summed E-state index contributed by atoms with van der Waals surface area (Å²) in [6.07, 6.45) is 3.72. The number of aliphatic hydroxyl groups is 1. The number of amides is 1. The number of hydrogen-bond donors (Lipinski definition) is 3. The number of nitrogens with zero attached hydrogens (tertiary/aromatic N) is 3. The normalized spacial score (nSPS) is 21.4. The van der Waals surface area contributed by atoms with Crippen molar-refractivity contribution in [3.63, 3.8) is 0 Å². The van der Waals surface area contributed by atoms with E-state index in [9.17, 15) is 9.18 Å². The number of benzene rings is 1. The van der Waals surface area contributed by atoms with Crippen LogP contribution in [0.5, 0.6) is 0 Å². The number of carbonyl (C=O) groups is 1. The average Bonchev–Trinajstić information content (AvgIpc) is 3.32. The Labute approximate surface area is 204 Å². The first-order valence-electron chi connectivity index (χ1n) is 11.9. The van der Waals surface area contributed by atoms with Crippen LogP contribution in [0.25, 0.3) is 5.57 Å². The number of ether oxygens (including phenoxy) is 1. The summed E-state index contributed by atoms with van der Waals surface area (Å²) in [4.78, 5) is 21.8. The van der Waals surface area contributed by atoms with Gasteiger partial charge in [0.15, 0.2) is 0 Å². The summed E-state index contributed by atoms with van der Waals surface area (Å²) in [6, 6.07) is 8.35. The molecule has 0 bridgehead atoms. The number of carbonyl (C=O) groups excluding carboxylic acids is 1. The van der Waals surface area contributed by atoms with Crippen LogP contribution in [0.4, 0.5) is 15.9 Å². The highest BCUT2D eigenvalue weighted by atomic mass is 19.1. The number of allylic oxidation sites excluding steroid dienone is 1. The minimum Gasteiger partial charge on any atom is -0.481 e. The van der Waals surface area contributed by atoms with E-state index in [1.54, 1.807) is 6.07 Å². The van der Waals surface area contributed by atoms with Gasteiger partial charge >= 0.3 is 0 Å². The van der Waals surface area contributed by atoms with Crippen LogP contribution in [0, 0.1) is 5.82 Å². The lowest BCUT2D eigenvalue weighted by atomic mass is 10.0. The second-order valence-corrected chi connectivity index (χ2v) is 9.48. The number of anilines is 2. The molecule has 184 valence electrons. The van der Waals surface area contributed by atoms with Crippen LogP contribution in [0.2, 0.25) is 0 Å². The van der Waals surface area contributed by atoms with Crippen LogP contribution in [-0.4, -0.2) is 65.8 Å². The molecule has 4 heterocycles. The maximum absolute atomic E-state index is 13.6. The number of halogens is 1. The van der Waals surface area contributed by atoms with E-state index in [2.05, 4.69) is 31.5 Å². The Kier molecular flexibility index (Phi) is 6.21. The van der Waals surface area contributed by atoms with Gasteiger partial charge in [-0.25, -0.2) is 9.37 Å². The molecule has 2 aromatic rings. The fraction of sp³-hybridized carbons (Fsp3) is 0.385. The van der Waals surface area contributed by atoms with E-state index in [4.69, 9.17) is 9.84 Å². The SMILES string of the molecule is CC1(C)O/C(=C2/C(=O)Nc3cc(F)ccc32)C=C1NCc1ccc(N2CCN(CCO)CC2)nc1. The molecule has 3 aliphatic heterocycles. The van der Waals surface area contributed by atoms with E-state index in [0.717, 1.165) is 49.8 Å². The molecule has 1 aromatic carbocycles. The Morgan fingerprint density at radius 3 is 2.71 bits per heavy atom. The highest BCUT2D eigenvalue weighted by Gasteiger charge is 2.37. The largest absolute Gasteiger partial charge is 0.481 e. The Morgan fingerprint density at radius 2 is 2.00 bits per heavy atom. The predicted molar refractivity (Wildman–Crippen MR) is 132 cm³/mol. The predicted octanol–water partition coefficient (Wildman–Crippen LogP) is 2.48. The highest BCUT2D eigenvalue weighted by Crippen LogP contribution is 2.40. The minimum absolute atomic E-state index is 0.192. The molecule has 1 fully saturated rings. The van der Waals surface area contributed by atoms with Gasteiger partial charge in [-0.3, -0.25) is 9.69 Å². The number of pyridine rings is 1. The first-order valence-corrected chi connectivity index (χ1v) is 11.9. The molecule has 0 aliphatic carbocycles. The first kappa shape index (κ1) is 23.3. The molecule has 1 amide bonds. The van der Waals surface area contributed by atoms with Gasteiger partial charge in [0.05, 0.1) is 23.6 Å². The molecule has 9 heteroatoms. The summed E-state index contributed by atoms with van der Waals surface area (Å²) >= 11 is 0. The summed E-state index contributed by atoms with van der Waals surface area (Å²) < 4.78 is 19.7. The molecular weight excluding hydrogens is 449 g/mol. The summed E-state index contributed by atoms with van der Waals surface area (Å²) in [5, 5.41) is 15.3. The van der Waals surface area contributed by atoms with Gasteiger partial charge in [-0.15, -0.1) is 0 Å². The molecule has 0 spiro atoms. The van der Waals surface area contributed by atoms with Gasteiger partial charge in [0.2, 0.25) is 0 Å². The number of rotatable bonds is 6. The van der Waals surface area contributed by atoms with Crippen molar-refractivity contribution < 1.29 is 19.0 Å². The van der Waals surface area contributed by atoms with Gasteiger partial charge in [0, 0.05) is 57.1 Å². The summed E-state index contributed by atoms with van der Waals surface area (Å²) in [6.45, 7) is 8.98. The zero-order chi connectivity index (χ0) is 24.6. The van der Waals surface area contributed by atoms with Gasteiger partial charge in [-0.1, -0.05) is 6.07 Å².